The average molecular weight is 225 g/mol. The Balaban J connectivity index is 2.27. The van der Waals surface area contributed by atoms with Crippen molar-refractivity contribution in [3.8, 4) is 11.6 Å². The third kappa shape index (κ3) is 1.54. The molecule has 0 aliphatic carbocycles. The van der Waals surface area contributed by atoms with Gasteiger partial charge in [0.15, 0.2) is 11.6 Å². The molecule has 0 bridgehead atoms. The number of rotatable bonds is 2. The van der Waals surface area contributed by atoms with Crippen molar-refractivity contribution in [1.82, 2.24) is 14.5 Å². The number of imidazole rings is 1. The first kappa shape index (κ1) is 9.84. The van der Waals surface area contributed by atoms with Crippen LogP contribution in [-0.2, 0) is 0 Å². The van der Waals surface area contributed by atoms with Crippen molar-refractivity contribution < 1.29 is 4.74 Å². The van der Waals surface area contributed by atoms with Gasteiger partial charge in [-0.2, -0.15) is 0 Å². The van der Waals surface area contributed by atoms with Crippen LogP contribution in [0.5, 0.6) is 5.75 Å². The highest BCUT2D eigenvalue weighted by molar-refractivity contribution is 5.77. The Morgan fingerprint density at radius 3 is 2.82 bits per heavy atom. The average Bonchev–Trinajstić information content (AvgIpc) is 2.82. The van der Waals surface area contributed by atoms with Gasteiger partial charge < -0.3 is 4.74 Å². The van der Waals surface area contributed by atoms with Crippen LogP contribution >= 0.6 is 0 Å². The maximum atomic E-state index is 5.31. The van der Waals surface area contributed by atoms with Gasteiger partial charge in [0.2, 0.25) is 0 Å². The molecule has 4 heteroatoms. The normalized spacial score (nSPS) is 10.6. The summed E-state index contributed by atoms with van der Waals surface area (Å²) in [4.78, 5) is 8.68. The summed E-state index contributed by atoms with van der Waals surface area (Å²) in [5, 5.41) is 0. The summed E-state index contributed by atoms with van der Waals surface area (Å²) in [6.45, 7) is 0. The minimum atomic E-state index is 0.732. The van der Waals surface area contributed by atoms with Gasteiger partial charge in [0, 0.05) is 6.20 Å². The van der Waals surface area contributed by atoms with Crippen LogP contribution in [0.15, 0.2) is 48.9 Å². The molecule has 3 aromatic rings. The Morgan fingerprint density at radius 1 is 1.06 bits per heavy atom. The molecular formula is C13H11N3O. The lowest BCUT2D eigenvalue weighted by atomic mass is 10.3. The molecule has 0 amide bonds. The number of hydrogen-bond acceptors (Lipinski definition) is 3. The van der Waals surface area contributed by atoms with Crippen LogP contribution in [0.3, 0.4) is 0 Å². The van der Waals surface area contributed by atoms with Gasteiger partial charge in [-0.1, -0.05) is 12.1 Å². The molecule has 2 heterocycles. The van der Waals surface area contributed by atoms with Crippen LogP contribution in [0.2, 0.25) is 0 Å². The zero-order valence-electron chi connectivity index (χ0n) is 9.37. The zero-order chi connectivity index (χ0) is 11.7. The predicted octanol–water partition coefficient (Wildman–Crippen LogP) is 2.43. The van der Waals surface area contributed by atoms with Gasteiger partial charge in [-0.15, -0.1) is 0 Å². The molecule has 17 heavy (non-hydrogen) atoms. The molecule has 0 aliphatic heterocycles. The standard InChI is InChI=1S/C13H11N3O/c1-17-12-7-4-8-14-13(12)16-9-15-10-5-2-3-6-11(10)16/h2-9H,1H3. The van der Waals surface area contributed by atoms with E-state index in [9.17, 15) is 0 Å². The quantitative estimate of drug-likeness (QED) is 0.672. The molecule has 0 unspecified atom stereocenters. The number of nitrogens with zero attached hydrogens (tertiary/aromatic N) is 3. The summed E-state index contributed by atoms with van der Waals surface area (Å²) in [6, 6.07) is 11.7. The molecule has 0 spiro atoms. The molecule has 84 valence electrons. The van der Waals surface area contributed by atoms with Crippen LogP contribution in [0, 0.1) is 0 Å². The van der Waals surface area contributed by atoms with Crippen molar-refractivity contribution in [2.24, 2.45) is 0 Å². The molecule has 3 rings (SSSR count). The highest BCUT2D eigenvalue weighted by Crippen LogP contribution is 2.23. The zero-order valence-corrected chi connectivity index (χ0v) is 9.37. The molecule has 0 atom stereocenters. The topological polar surface area (TPSA) is 39.9 Å². The number of hydrogen-bond donors (Lipinski definition) is 0. The van der Waals surface area contributed by atoms with Crippen LogP contribution < -0.4 is 4.74 Å². The lowest BCUT2D eigenvalue weighted by Gasteiger charge is -2.07. The van der Waals surface area contributed by atoms with Gasteiger partial charge in [-0.05, 0) is 24.3 Å². The van der Waals surface area contributed by atoms with Crippen molar-refractivity contribution in [1.29, 1.82) is 0 Å². The monoisotopic (exact) mass is 225 g/mol. The van der Waals surface area contributed by atoms with Crippen molar-refractivity contribution in [3.05, 3.63) is 48.9 Å². The number of ether oxygens (including phenoxy) is 1. The van der Waals surface area contributed by atoms with Gasteiger partial charge in [0.1, 0.15) is 6.33 Å². The maximum Gasteiger partial charge on any atom is 0.181 e. The van der Waals surface area contributed by atoms with Crippen LogP contribution in [0.4, 0.5) is 0 Å². The second kappa shape index (κ2) is 3.90. The van der Waals surface area contributed by atoms with E-state index in [0.717, 1.165) is 22.6 Å². The van der Waals surface area contributed by atoms with E-state index in [2.05, 4.69) is 9.97 Å². The number of aromatic nitrogens is 3. The second-order valence-corrected chi connectivity index (χ2v) is 3.63. The third-order valence-corrected chi connectivity index (χ3v) is 2.65. The van der Waals surface area contributed by atoms with E-state index in [1.165, 1.54) is 0 Å². The first-order valence-electron chi connectivity index (χ1n) is 5.31. The fraction of sp³-hybridized carbons (Fsp3) is 0.0769. The highest BCUT2D eigenvalue weighted by Gasteiger charge is 2.09. The molecule has 1 aromatic carbocycles. The summed E-state index contributed by atoms with van der Waals surface area (Å²) in [5.41, 5.74) is 1.96. The summed E-state index contributed by atoms with van der Waals surface area (Å²) >= 11 is 0. The Morgan fingerprint density at radius 2 is 1.94 bits per heavy atom. The smallest absolute Gasteiger partial charge is 0.181 e. The Labute approximate surface area is 98.5 Å². The number of pyridine rings is 1. The fourth-order valence-electron chi connectivity index (χ4n) is 1.85. The minimum absolute atomic E-state index is 0.732. The van der Waals surface area contributed by atoms with E-state index >= 15 is 0 Å². The molecule has 2 aromatic heterocycles. The molecule has 0 saturated carbocycles. The van der Waals surface area contributed by atoms with Gasteiger partial charge in [-0.25, -0.2) is 9.97 Å². The summed E-state index contributed by atoms with van der Waals surface area (Å²) < 4.78 is 7.23. The summed E-state index contributed by atoms with van der Waals surface area (Å²) in [5.74, 6) is 1.49. The minimum Gasteiger partial charge on any atom is -0.493 e. The Kier molecular flexibility index (Phi) is 2.26. The molecule has 4 nitrogen and oxygen atoms in total. The predicted molar refractivity (Wildman–Crippen MR) is 65.4 cm³/mol. The lowest BCUT2D eigenvalue weighted by Crippen LogP contribution is -1.99. The van der Waals surface area contributed by atoms with Gasteiger partial charge in [0.05, 0.1) is 18.1 Å². The molecule has 0 radical (unpaired) electrons. The van der Waals surface area contributed by atoms with Crippen molar-refractivity contribution in [3.63, 3.8) is 0 Å². The van der Waals surface area contributed by atoms with E-state index in [4.69, 9.17) is 4.74 Å². The van der Waals surface area contributed by atoms with Crippen molar-refractivity contribution >= 4 is 11.0 Å². The first-order chi connectivity index (χ1) is 8.40. The highest BCUT2D eigenvalue weighted by atomic mass is 16.5. The number of para-hydroxylation sites is 2. The van der Waals surface area contributed by atoms with Crippen LogP contribution in [0.25, 0.3) is 16.9 Å². The molecule has 0 aliphatic rings. The Bertz CT molecular complexity index is 660. The summed E-state index contributed by atoms with van der Waals surface area (Å²) in [7, 11) is 1.64. The second-order valence-electron chi connectivity index (χ2n) is 3.63. The third-order valence-electron chi connectivity index (χ3n) is 2.65. The van der Waals surface area contributed by atoms with E-state index < -0.39 is 0 Å². The van der Waals surface area contributed by atoms with E-state index in [-0.39, 0.29) is 0 Å². The van der Waals surface area contributed by atoms with E-state index in [0.29, 0.717) is 0 Å². The molecule has 0 fully saturated rings. The van der Waals surface area contributed by atoms with Crippen molar-refractivity contribution in [2.45, 2.75) is 0 Å². The fourth-order valence-corrected chi connectivity index (χ4v) is 1.85. The largest absolute Gasteiger partial charge is 0.493 e. The maximum absolute atomic E-state index is 5.31. The number of benzene rings is 1. The first-order valence-corrected chi connectivity index (χ1v) is 5.31. The van der Waals surface area contributed by atoms with Gasteiger partial charge >= 0.3 is 0 Å². The van der Waals surface area contributed by atoms with E-state index in [1.807, 2.05) is 41.0 Å². The van der Waals surface area contributed by atoms with Gasteiger partial charge in [0.25, 0.3) is 0 Å². The Hall–Kier alpha value is -2.36. The number of fused-ring (bicyclic) bond motifs is 1. The van der Waals surface area contributed by atoms with Crippen LogP contribution in [0.1, 0.15) is 0 Å². The molecular weight excluding hydrogens is 214 g/mol. The van der Waals surface area contributed by atoms with Crippen molar-refractivity contribution in [2.75, 3.05) is 7.11 Å². The van der Waals surface area contributed by atoms with Gasteiger partial charge in [-0.3, -0.25) is 4.57 Å². The van der Waals surface area contributed by atoms with E-state index in [1.54, 1.807) is 19.6 Å². The lowest BCUT2D eigenvalue weighted by molar-refractivity contribution is 0.411. The number of methoxy groups -OCH3 is 1. The SMILES string of the molecule is COc1cccnc1-n1cnc2ccccc21. The molecule has 0 N–H and O–H groups in total. The van der Waals surface area contributed by atoms with Crippen LogP contribution in [-0.4, -0.2) is 21.6 Å². The summed E-state index contributed by atoms with van der Waals surface area (Å²) in [6.07, 6.45) is 3.50. The molecule has 0 saturated heterocycles.